The van der Waals surface area contributed by atoms with Gasteiger partial charge in [0.1, 0.15) is 5.82 Å². The van der Waals surface area contributed by atoms with E-state index in [0.29, 0.717) is 6.04 Å². The average Bonchev–Trinajstić information content (AvgIpc) is 2.52. The Balaban J connectivity index is 2.13. The zero-order valence-electron chi connectivity index (χ0n) is 14.0. The summed E-state index contributed by atoms with van der Waals surface area (Å²) in [5.41, 5.74) is 2.54. The monoisotopic (exact) mass is 290 g/mol. The number of aromatic nitrogens is 1. The Morgan fingerprint density at radius 3 is 2.62 bits per heavy atom. The van der Waals surface area contributed by atoms with Crippen molar-refractivity contribution in [3.05, 3.63) is 23.4 Å². The largest absolute Gasteiger partial charge is 0.357 e. The molecule has 4 heteroatoms. The quantitative estimate of drug-likeness (QED) is 0.871. The lowest BCUT2D eigenvalue weighted by atomic mass is 10.0. The molecule has 0 aliphatic carbocycles. The van der Waals surface area contributed by atoms with Crippen molar-refractivity contribution < 1.29 is 0 Å². The molecule has 1 aliphatic heterocycles. The van der Waals surface area contributed by atoms with Crippen LogP contribution >= 0.6 is 0 Å². The molecule has 1 aromatic heterocycles. The molecule has 2 rings (SSSR count). The van der Waals surface area contributed by atoms with E-state index in [4.69, 9.17) is 4.98 Å². The van der Waals surface area contributed by atoms with E-state index in [0.717, 1.165) is 25.3 Å². The molecule has 0 unspecified atom stereocenters. The summed E-state index contributed by atoms with van der Waals surface area (Å²) in [6.45, 7) is 8.63. The van der Waals surface area contributed by atoms with Crippen molar-refractivity contribution in [2.45, 2.75) is 45.7 Å². The van der Waals surface area contributed by atoms with Gasteiger partial charge in [-0.15, -0.1) is 0 Å². The van der Waals surface area contributed by atoms with Gasteiger partial charge in [-0.25, -0.2) is 4.98 Å². The first-order valence-electron chi connectivity index (χ1n) is 8.26. The number of piperidine rings is 1. The molecule has 0 aromatic carbocycles. The van der Waals surface area contributed by atoms with Crippen molar-refractivity contribution in [3.8, 4) is 0 Å². The standard InChI is InChI=1S/C17H30N4/c1-5-15-11-14(13-18-6-2)12-17(19-15)21(4)16-7-9-20(3)10-8-16/h11-12,16,18H,5-10,13H2,1-4H3. The molecular weight excluding hydrogens is 260 g/mol. The van der Waals surface area contributed by atoms with Crippen molar-refractivity contribution in [1.29, 1.82) is 0 Å². The number of anilines is 1. The molecular formula is C17H30N4. The van der Waals surface area contributed by atoms with E-state index in [2.05, 4.69) is 55.2 Å². The zero-order chi connectivity index (χ0) is 15.2. The summed E-state index contributed by atoms with van der Waals surface area (Å²) in [4.78, 5) is 9.64. The lowest BCUT2D eigenvalue weighted by molar-refractivity contribution is 0.252. The predicted octanol–water partition coefficient (Wildman–Crippen LogP) is 2.28. The number of rotatable bonds is 6. The van der Waals surface area contributed by atoms with Crippen LogP contribution in [0.4, 0.5) is 5.82 Å². The Hall–Kier alpha value is -1.13. The molecule has 0 radical (unpaired) electrons. The summed E-state index contributed by atoms with van der Waals surface area (Å²) in [6, 6.07) is 5.10. The van der Waals surface area contributed by atoms with Crippen LogP contribution in [0, 0.1) is 0 Å². The van der Waals surface area contributed by atoms with Crippen LogP contribution in [-0.2, 0) is 13.0 Å². The molecule has 0 atom stereocenters. The Kier molecular flexibility index (Phi) is 6.00. The summed E-state index contributed by atoms with van der Waals surface area (Å²) in [5, 5.41) is 3.41. The van der Waals surface area contributed by atoms with E-state index in [9.17, 15) is 0 Å². The highest BCUT2D eigenvalue weighted by molar-refractivity contribution is 5.43. The SMILES string of the molecule is CCNCc1cc(CC)nc(N(C)C2CCN(C)CC2)c1. The molecule has 4 nitrogen and oxygen atoms in total. The number of nitrogens with zero attached hydrogens (tertiary/aromatic N) is 3. The van der Waals surface area contributed by atoms with Crippen LogP contribution < -0.4 is 10.2 Å². The number of hydrogen-bond donors (Lipinski definition) is 1. The van der Waals surface area contributed by atoms with Gasteiger partial charge >= 0.3 is 0 Å². The third-order valence-corrected chi connectivity index (χ3v) is 4.46. The van der Waals surface area contributed by atoms with Gasteiger partial charge in [0, 0.05) is 25.3 Å². The first-order chi connectivity index (χ1) is 10.1. The minimum absolute atomic E-state index is 0.618. The maximum absolute atomic E-state index is 4.84. The lowest BCUT2D eigenvalue weighted by Gasteiger charge is -2.36. The number of nitrogens with one attached hydrogen (secondary N) is 1. The molecule has 0 amide bonds. The van der Waals surface area contributed by atoms with Gasteiger partial charge in [-0.3, -0.25) is 0 Å². The Labute approximate surface area is 129 Å². The van der Waals surface area contributed by atoms with E-state index in [1.165, 1.54) is 37.2 Å². The first-order valence-corrected chi connectivity index (χ1v) is 8.26. The molecule has 2 heterocycles. The second-order valence-corrected chi connectivity index (χ2v) is 6.10. The molecule has 1 fully saturated rings. The zero-order valence-corrected chi connectivity index (χ0v) is 14.0. The highest BCUT2D eigenvalue weighted by atomic mass is 15.2. The van der Waals surface area contributed by atoms with Crippen molar-refractivity contribution >= 4 is 5.82 Å². The molecule has 21 heavy (non-hydrogen) atoms. The minimum atomic E-state index is 0.618. The van der Waals surface area contributed by atoms with Crippen molar-refractivity contribution in [2.24, 2.45) is 0 Å². The molecule has 0 saturated carbocycles. The van der Waals surface area contributed by atoms with Gasteiger partial charge in [0.15, 0.2) is 0 Å². The van der Waals surface area contributed by atoms with Gasteiger partial charge < -0.3 is 15.1 Å². The molecule has 1 aliphatic rings. The maximum atomic E-state index is 4.84. The molecule has 1 N–H and O–H groups in total. The third kappa shape index (κ3) is 4.42. The minimum Gasteiger partial charge on any atom is -0.357 e. The molecule has 0 bridgehead atoms. The Morgan fingerprint density at radius 1 is 1.29 bits per heavy atom. The fraction of sp³-hybridized carbons (Fsp3) is 0.706. The second-order valence-electron chi connectivity index (χ2n) is 6.10. The summed E-state index contributed by atoms with van der Waals surface area (Å²) in [6.07, 6.45) is 3.45. The molecule has 1 saturated heterocycles. The number of pyridine rings is 1. The van der Waals surface area contributed by atoms with Crippen molar-refractivity contribution in [2.75, 3.05) is 38.6 Å². The maximum Gasteiger partial charge on any atom is 0.129 e. The molecule has 0 spiro atoms. The Bertz CT molecular complexity index is 438. The molecule has 118 valence electrons. The smallest absolute Gasteiger partial charge is 0.129 e. The topological polar surface area (TPSA) is 31.4 Å². The van der Waals surface area contributed by atoms with Crippen molar-refractivity contribution in [1.82, 2.24) is 15.2 Å². The fourth-order valence-electron chi connectivity index (χ4n) is 2.94. The highest BCUT2D eigenvalue weighted by Crippen LogP contribution is 2.22. The van der Waals surface area contributed by atoms with E-state index in [1.54, 1.807) is 0 Å². The van der Waals surface area contributed by atoms with Gasteiger partial charge in [0.25, 0.3) is 0 Å². The lowest BCUT2D eigenvalue weighted by Crippen LogP contribution is -2.42. The van der Waals surface area contributed by atoms with Crippen LogP contribution in [0.5, 0.6) is 0 Å². The van der Waals surface area contributed by atoms with E-state index < -0.39 is 0 Å². The number of hydrogen-bond acceptors (Lipinski definition) is 4. The van der Waals surface area contributed by atoms with E-state index in [-0.39, 0.29) is 0 Å². The van der Waals surface area contributed by atoms with E-state index >= 15 is 0 Å². The van der Waals surface area contributed by atoms with Gasteiger partial charge in [-0.2, -0.15) is 0 Å². The van der Waals surface area contributed by atoms with Gasteiger partial charge in [-0.1, -0.05) is 13.8 Å². The fourth-order valence-corrected chi connectivity index (χ4v) is 2.94. The summed E-state index contributed by atoms with van der Waals surface area (Å²) < 4.78 is 0. The average molecular weight is 290 g/mol. The van der Waals surface area contributed by atoms with Crippen molar-refractivity contribution in [3.63, 3.8) is 0 Å². The van der Waals surface area contributed by atoms with Crippen LogP contribution in [0.3, 0.4) is 0 Å². The summed E-state index contributed by atoms with van der Waals surface area (Å²) in [5.74, 6) is 1.14. The van der Waals surface area contributed by atoms with Gasteiger partial charge in [-0.05, 0) is 63.6 Å². The number of aryl methyl sites for hydroxylation is 1. The summed E-state index contributed by atoms with van der Waals surface area (Å²) in [7, 11) is 4.41. The van der Waals surface area contributed by atoms with Crippen LogP contribution in [-0.4, -0.2) is 49.7 Å². The van der Waals surface area contributed by atoms with Crippen LogP contribution in [0.2, 0.25) is 0 Å². The van der Waals surface area contributed by atoms with Crippen LogP contribution in [0.1, 0.15) is 37.9 Å². The van der Waals surface area contributed by atoms with Gasteiger partial charge in [0.05, 0.1) is 0 Å². The normalized spacial score (nSPS) is 17.1. The predicted molar refractivity (Wildman–Crippen MR) is 89.9 cm³/mol. The highest BCUT2D eigenvalue weighted by Gasteiger charge is 2.21. The second kappa shape index (κ2) is 7.76. The first kappa shape index (κ1) is 16.2. The number of likely N-dealkylation sites (tertiary alicyclic amines) is 1. The van der Waals surface area contributed by atoms with Gasteiger partial charge in [0.2, 0.25) is 0 Å². The summed E-state index contributed by atoms with van der Waals surface area (Å²) >= 11 is 0. The molecule has 1 aromatic rings. The van der Waals surface area contributed by atoms with Crippen LogP contribution in [0.15, 0.2) is 12.1 Å². The van der Waals surface area contributed by atoms with E-state index in [1.807, 2.05) is 0 Å². The van der Waals surface area contributed by atoms with Crippen LogP contribution in [0.25, 0.3) is 0 Å². The third-order valence-electron chi connectivity index (χ3n) is 4.46. The Morgan fingerprint density at radius 2 is 2.00 bits per heavy atom.